The van der Waals surface area contributed by atoms with Crippen molar-refractivity contribution in [2.75, 3.05) is 18.5 Å². The van der Waals surface area contributed by atoms with Gasteiger partial charge in [0.2, 0.25) is 0 Å². The van der Waals surface area contributed by atoms with Crippen LogP contribution in [-0.4, -0.2) is 28.2 Å². The molecule has 2 heterocycles. The number of anilines is 1. The van der Waals surface area contributed by atoms with Crippen LogP contribution < -0.4 is 5.32 Å². The molecule has 102 valence electrons. The van der Waals surface area contributed by atoms with Gasteiger partial charge in [0.15, 0.2) is 0 Å². The minimum atomic E-state index is 0.0838. The number of hydrogen-bond acceptors (Lipinski definition) is 5. The lowest BCUT2D eigenvalue weighted by molar-refractivity contribution is 0.232. The number of nitrogens with one attached hydrogen (secondary N) is 1. The van der Waals surface area contributed by atoms with E-state index in [0.717, 1.165) is 11.4 Å². The highest BCUT2D eigenvalue weighted by Gasteiger charge is 2.09. The van der Waals surface area contributed by atoms with E-state index in [-0.39, 0.29) is 12.5 Å². The number of nitrogens with zero attached hydrogens (tertiary/aromatic N) is 3. The van der Waals surface area contributed by atoms with Gasteiger partial charge in [-0.15, -0.1) is 0 Å². The van der Waals surface area contributed by atoms with E-state index in [4.69, 9.17) is 5.26 Å². The molecule has 0 aromatic carbocycles. The standard InChI is InChI=1S/C15H16N4O/c16-8-14-4-5-15(10-19-14)18-9-12(11-20)7-13-3-1-2-6-17-13/h1-6,10,12,18,20H,7,9,11H2. The number of aliphatic hydroxyl groups excluding tert-OH is 1. The number of nitriles is 1. The minimum Gasteiger partial charge on any atom is -0.396 e. The molecule has 0 bridgehead atoms. The van der Waals surface area contributed by atoms with Crippen LogP contribution in [0.25, 0.3) is 0 Å². The van der Waals surface area contributed by atoms with Gasteiger partial charge < -0.3 is 10.4 Å². The Morgan fingerprint density at radius 1 is 1.25 bits per heavy atom. The first-order valence-electron chi connectivity index (χ1n) is 6.42. The predicted molar refractivity (Wildman–Crippen MR) is 76.0 cm³/mol. The molecule has 2 N–H and O–H groups in total. The summed E-state index contributed by atoms with van der Waals surface area (Å²) >= 11 is 0. The van der Waals surface area contributed by atoms with Gasteiger partial charge in [0.1, 0.15) is 11.8 Å². The predicted octanol–water partition coefficient (Wildman–Crippen LogP) is 1.61. The largest absolute Gasteiger partial charge is 0.396 e. The molecule has 2 aromatic heterocycles. The second kappa shape index (κ2) is 7.22. The Labute approximate surface area is 117 Å². The zero-order chi connectivity index (χ0) is 14.2. The van der Waals surface area contributed by atoms with Crippen LogP contribution in [0.1, 0.15) is 11.4 Å². The molecular weight excluding hydrogens is 252 g/mol. The zero-order valence-electron chi connectivity index (χ0n) is 11.0. The average Bonchev–Trinajstić information content (AvgIpc) is 2.53. The van der Waals surface area contributed by atoms with Crippen molar-refractivity contribution in [1.29, 1.82) is 5.26 Å². The van der Waals surface area contributed by atoms with Crippen molar-refractivity contribution in [2.24, 2.45) is 5.92 Å². The highest BCUT2D eigenvalue weighted by molar-refractivity contribution is 5.42. The molecule has 0 fully saturated rings. The number of aliphatic hydroxyl groups is 1. The van der Waals surface area contributed by atoms with Crippen LogP contribution in [0.2, 0.25) is 0 Å². The van der Waals surface area contributed by atoms with Crippen molar-refractivity contribution in [3.8, 4) is 6.07 Å². The van der Waals surface area contributed by atoms with E-state index in [1.165, 1.54) is 0 Å². The smallest absolute Gasteiger partial charge is 0.140 e. The Hall–Kier alpha value is -2.45. The van der Waals surface area contributed by atoms with Gasteiger partial charge in [0.05, 0.1) is 11.9 Å². The molecule has 0 spiro atoms. The molecule has 0 saturated heterocycles. The normalized spacial score (nSPS) is 11.6. The molecule has 2 rings (SSSR count). The first-order chi connectivity index (χ1) is 9.81. The lowest BCUT2D eigenvalue weighted by atomic mass is 10.0. The summed E-state index contributed by atoms with van der Waals surface area (Å²) < 4.78 is 0. The summed E-state index contributed by atoms with van der Waals surface area (Å²) in [5, 5.41) is 21.3. The first kappa shape index (κ1) is 14.0. The van der Waals surface area contributed by atoms with Gasteiger partial charge in [-0.25, -0.2) is 4.98 Å². The highest BCUT2D eigenvalue weighted by Crippen LogP contribution is 2.10. The van der Waals surface area contributed by atoms with E-state index < -0.39 is 0 Å². The molecule has 20 heavy (non-hydrogen) atoms. The number of hydrogen-bond donors (Lipinski definition) is 2. The lowest BCUT2D eigenvalue weighted by Gasteiger charge is -2.15. The van der Waals surface area contributed by atoms with E-state index in [1.54, 1.807) is 24.5 Å². The van der Waals surface area contributed by atoms with Crippen LogP contribution >= 0.6 is 0 Å². The highest BCUT2D eigenvalue weighted by atomic mass is 16.3. The van der Waals surface area contributed by atoms with Crippen LogP contribution in [0.3, 0.4) is 0 Å². The second-order valence-electron chi connectivity index (χ2n) is 4.50. The maximum absolute atomic E-state index is 9.42. The molecular formula is C15H16N4O. The number of pyridine rings is 2. The van der Waals surface area contributed by atoms with E-state index >= 15 is 0 Å². The fraction of sp³-hybridized carbons (Fsp3) is 0.267. The number of aromatic nitrogens is 2. The third-order valence-electron chi connectivity index (χ3n) is 2.96. The molecule has 1 unspecified atom stereocenters. The third kappa shape index (κ3) is 4.04. The summed E-state index contributed by atoms with van der Waals surface area (Å²) in [6, 6.07) is 11.2. The molecule has 5 heteroatoms. The van der Waals surface area contributed by atoms with E-state index in [1.807, 2.05) is 24.3 Å². The van der Waals surface area contributed by atoms with Crippen LogP contribution in [0.4, 0.5) is 5.69 Å². The van der Waals surface area contributed by atoms with Crippen molar-refractivity contribution in [1.82, 2.24) is 9.97 Å². The SMILES string of the molecule is N#Cc1ccc(NCC(CO)Cc2ccccn2)cn1. The van der Waals surface area contributed by atoms with Gasteiger partial charge in [0, 0.05) is 31.0 Å². The van der Waals surface area contributed by atoms with Crippen LogP contribution in [-0.2, 0) is 6.42 Å². The molecule has 5 nitrogen and oxygen atoms in total. The van der Waals surface area contributed by atoms with Gasteiger partial charge in [0.25, 0.3) is 0 Å². The van der Waals surface area contributed by atoms with E-state index in [9.17, 15) is 5.11 Å². The first-order valence-corrected chi connectivity index (χ1v) is 6.42. The zero-order valence-corrected chi connectivity index (χ0v) is 11.0. The van der Waals surface area contributed by atoms with Crippen LogP contribution in [0.15, 0.2) is 42.7 Å². The molecule has 0 amide bonds. The van der Waals surface area contributed by atoms with Crippen molar-refractivity contribution in [2.45, 2.75) is 6.42 Å². The molecule has 0 aliphatic heterocycles. The molecule has 0 aliphatic carbocycles. The van der Waals surface area contributed by atoms with Gasteiger partial charge >= 0.3 is 0 Å². The summed E-state index contributed by atoms with van der Waals surface area (Å²) in [5.41, 5.74) is 2.19. The van der Waals surface area contributed by atoms with Gasteiger partial charge in [-0.05, 0) is 30.7 Å². The van der Waals surface area contributed by atoms with E-state index in [2.05, 4.69) is 15.3 Å². The molecule has 0 radical (unpaired) electrons. The van der Waals surface area contributed by atoms with Crippen LogP contribution in [0, 0.1) is 17.2 Å². The molecule has 1 atom stereocenters. The Balaban J connectivity index is 1.88. The van der Waals surface area contributed by atoms with Crippen molar-refractivity contribution >= 4 is 5.69 Å². The maximum Gasteiger partial charge on any atom is 0.140 e. The molecule has 2 aromatic rings. The summed E-state index contributed by atoms with van der Waals surface area (Å²) in [7, 11) is 0. The quantitative estimate of drug-likeness (QED) is 0.831. The second-order valence-corrected chi connectivity index (χ2v) is 4.50. The van der Waals surface area contributed by atoms with Gasteiger partial charge in [-0.2, -0.15) is 5.26 Å². The Kier molecular flexibility index (Phi) is 5.04. The Morgan fingerprint density at radius 3 is 2.75 bits per heavy atom. The fourth-order valence-electron chi connectivity index (χ4n) is 1.84. The van der Waals surface area contributed by atoms with E-state index in [0.29, 0.717) is 18.7 Å². The lowest BCUT2D eigenvalue weighted by Crippen LogP contribution is -2.20. The van der Waals surface area contributed by atoms with Crippen molar-refractivity contribution in [3.05, 3.63) is 54.1 Å². The monoisotopic (exact) mass is 268 g/mol. The summed E-state index contributed by atoms with van der Waals surface area (Å²) in [4.78, 5) is 8.24. The van der Waals surface area contributed by atoms with Crippen molar-refractivity contribution in [3.63, 3.8) is 0 Å². The van der Waals surface area contributed by atoms with Crippen molar-refractivity contribution < 1.29 is 5.11 Å². The maximum atomic E-state index is 9.42. The van der Waals surface area contributed by atoms with Gasteiger partial charge in [-0.3, -0.25) is 4.98 Å². The number of rotatable bonds is 6. The Bertz CT molecular complexity index is 563. The summed E-state index contributed by atoms with van der Waals surface area (Å²) in [5.74, 6) is 0.0838. The average molecular weight is 268 g/mol. The third-order valence-corrected chi connectivity index (χ3v) is 2.96. The van der Waals surface area contributed by atoms with Gasteiger partial charge in [-0.1, -0.05) is 6.07 Å². The fourth-order valence-corrected chi connectivity index (χ4v) is 1.84. The molecule has 0 aliphatic rings. The van der Waals surface area contributed by atoms with Crippen LogP contribution in [0.5, 0.6) is 0 Å². The summed E-state index contributed by atoms with van der Waals surface area (Å²) in [6.07, 6.45) is 4.09. The topological polar surface area (TPSA) is 81.8 Å². The Morgan fingerprint density at radius 2 is 2.15 bits per heavy atom. The minimum absolute atomic E-state index is 0.0838. The molecule has 0 saturated carbocycles. The summed E-state index contributed by atoms with van der Waals surface area (Å²) in [6.45, 7) is 0.716.